The van der Waals surface area contributed by atoms with Crippen molar-refractivity contribution < 1.29 is 13.2 Å². The van der Waals surface area contributed by atoms with E-state index in [9.17, 15) is 13.2 Å². The van der Waals surface area contributed by atoms with Crippen LogP contribution in [0.3, 0.4) is 0 Å². The monoisotopic (exact) mass is 418 g/mol. The molecule has 5 aliphatic rings. The van der Waals surface area contributed by atoms with Gasteiger partial charge in [-0.15, -0.1) is 0 Å². The molecular formula is C21H25F3N6. The first kappa shape index (κ1) is 18.6. The van der Waals surface area contributed by atoms with E-state index in [0.29, 0.717) is 17.8 Å². The van der Waals surface area contributed by atoms with Crippen molar-refractivity contribution >= 4 is 11.8 Å². The Balaban J connectivity index is 1.34. The highest BCUT2D eigenvalue weighted by atomic mass is 19.4. The Morgan fingerprint density at radius 3 is 2.33 bits per heavy atom. The predicted molar refractivity (Wildman–Crippen MR) is 105 cm³/mol. The highest BCUT2D eigenvalue weighted by Crippen LogP contribution is 2.56. The standard InChI is InChI=1S/C21H25F3N6/c22-20(23,24)17-3-1-2-16(27-17)18-28-19(26-15-8-12-5-13(12)9-15)30-21(25,29-18)14-6-10-4-11(10)7-14/h1-3,10-15H,4-9,25H2,(H2,26,28,29,30). The van der Waals surface area contributed by atoms with E-state index in [1.54, 1.807) is 0 Å². The second kappa shape index (κ2) is 6.18. The zero-order chi connectivity index (χ0) is 20.7. The molecule has 4 N–H and O–H groups in total. The highest BCUT2D eigenvalue weighted by molar-refractivity contribution is 6.09. The van der Waals surface area contributed by atoms with Crippen LogP contribution in [0, 0.1) is 29.6 Å². The van der Waals surface area contributed by atoms with E-state index >= 15 is 0 Å². The van der Waals surface area contributed by atoms with Gasteiger partial charge in [-0.05, 0) is 74.3 Å². The van der Waals surface area contributed by atoms with Gasteiger partial charge in [0.15, 0.2) is 17.6 Å². The van der Waals surface area contributed by atoms with Gasteiger partial charge in [-0.3, -0.25) is 5.73 Å². The van der Waals surface area contributed by atoms with Crippen molar-refractivity contribution in [3.63, 3.8) is 0 Å². The SMILES string of the molecule is NC1(C2CC3CC3C2)N=C(c2cccc(C(F)(F)F)n2)NC(=NC2CC3CC3C2)N1. The number of hydrogen-bond acceptors (Lipinski definition) is 4. The zero-order valence-electron chi connectivity index (χ0n) is 16.5. The largest absolute Gasteiger partial charge is 0.433 e. The van der Waals surface area contributed by atoms with Crippen LogP contribution in [0.4, 0.5) is 13.2 Å². The molecule has 6 rings (SSSR count). The Morgan fingerprint density at radius 2 is 1.67 bits per heavy atom. The van der Waals surface area contributed by atoms with Gasteiger partial charge in [0.05, 0.1) is 6.04 Å². The average molecular weight is 418 g/mol. The van der Waals surface area contributed by atoms with E-state index in [2.05, 4.69) is 20.6 Å². The molecule has 0 saturated heterocycles. The van der Waals surface area contributed by atoms with Crippen molar-refractivity contribution in [1.82, 2.24) is 15.6 Å². The molecule has 1 aromatic heterocycles. The molecular weight excluding hydrogens is 393 g/mol. The van der Waals surface area contributed by atoms with Gasteiger partial charge >= 0.3 is 6.18 Å². The quantitative estimate of drug-likeness (QED) is 0.705. The molecule has 4 aliphatic carbocycles. The molecule has 0 spiro atoms. The van der Waals surface area contributed by atoms with Gasteiger partial charge in [0.1, 0.15) is 11.4 Å². The molecule has 1 aliphatic heterocycles. The van der Waals surface area contributed by atoms with E-state index < -0.39 is 17.7 Å². The smallest absolute Gasteiger partial charge is 0.319 e. The first-order valence-corrected chi connectivity index (χ1v) is 10.8. The highest BCUT2D eigenvalue weighted by Gasteiger charge is 2.53. The lowest BCUT2D eigenvalue weighted by molar-refractivity contribution is -0.141. The summed E-state index contributed by atoms with van der Waals surface area (Å²) in [5.41, 5.74) is 5.92. The number of pyridine rings is 1. The topological polar surface area (TPSA) is 87.7 Å². The maximum absolute atomic E-state index is 13.2. The lowest BCUT2D eigenvalue weighted by atomic mass is 9.95. The van der Waals surface area contributed by atoms with Crippen LogP contribution < -0.4 is 16.4 Å². The summed E-state index contributed by atoms with van der Waals surface area (Å²) in [7, 11) is 0. The molecule has 6 nitrogen and oxygen atoms in total. The second-order valence-corrected chi connectivity index (χ2v) is 9.72. The molecule has 5 unspecified atom stereocenters. The Hall–Kier alpha value is -2.16. The normalized spacial score (nSPS) is 42.8. The number of aromatic nitrogens is 1. The van der Waals surface area contributed by atoms with E-state index in [-0.39, 0.29) is 23.5 Å². The van der Waals surface area contributed by atoms with Gasteiger partial charge in [-0.1, -0.05) is 6.07 Å². The summed E-state index contributed by atoms with van der Waals surface area (Å²) in [6.45, 7) is 0. The number of amidine groups is 1. The number of guanidine groups is 1. The number of aliphatic imine (C=N–C) groups is 2. The fraction of sp³-hybridized carbons (Fsp3) is 0.667. The fourth-order valence-corrected chi connectivity index (χ4v) is 5.72. The van der Waals surface area contributed by atoms with Gasteiger partial charge in [-0.25, -0.2) is 15.0 Å². The molecule has 30 heavy (non-hydrogen) atoms. The van der Waals surface area contributed by atoms with Gasteiger partial charge in [0.25, 0.3) is 0 Å². The van der Waals surface area contributed by atoms with E-state index in [1.165, 1.54) is 25.0 Å². The van der Waals surface area contributed by atoms with Crippen LogP contribution in [0.5, 0.6) is 0 Å². The van der Waals surface area contributed by atoms with Crippen LogP contribution in [0.25, 0.3) is 0 Å². The lowest BCUT2D eigenvalue weighted by Crippen LogP contribution is -2.66. The van der Waals surface area contributed by atoms with Crippen molar-refractivity contribution in [2.75, 3.05) is 0 Å². The molecule has 4 saturated carbocycles. The van der Waals surface area contributed by atoms with Gasteiger partial charge in [0.2, 0.25) is 0 Å². The third-order valence-electron chi connectivity index (χ3n) is 7.53. The van der Waals surface area contributed by atoms with Gasteiger partial charge in [0, 0.05) is 5.92 Å². The molecule has 1 aromatic rings. The van der Waals surface area contributed by atoms with E-state index in [1.807, 2.05) is 0 Å². The molecule has 5 atom stereocenters. The molecule has 0 aromatic carbocycles. The summed E-state index contributed by atoms with van der Waals surface area (Å²) in [6, 6.07) is 4.06. The van der Waals surface area contributed by atoms with Crippen LogP contribution in [-0.4, -0.2) is 28.6 Å². The van der Waals surface area contributed by atoms with E-state index in [0.717, 1.165) is 43.6 Å². The molecule has 4 fully saturated rings. The number of hydrogen-bond donors (Lipinski definition) is 3. The summed E-state index contributed by atoms with van der Waals surface area (Å²) < 4.78 is 39.6. The summed E-state index contributed by atoms with van der Waals surface area (Å²) in [5, 5.41) is 6.38. The van der Waals surface area contributed by atoms with Gasteiger partial charge < -0.3 is 10.6 Å². The van der Waals surface area contributed by atoms with E-state index in [4.69, 9.17) is 10.7 Å². The maximum atomic E-state index is 13.2. The minimum absolute atomic E-state index is 0.131. The molecule has 0 radical (unpaired) electrons. The third kappa shape index (κ3) is 3.27. The Labute approximate surface area is 172 Å². The number of fused-ring (bicyclic) bond motifs is 2. The minimum atomic E-state index is -4.52. The summed E-state index contributed by atoms with van der Waals surface area (Å²) >= 11 is 0. The van der Waals surface area contributed by atoms with Crippen molar-refractivity contribution in [2.45, 2.75) is 56.5 Å². The van der Waals surface area contributed by atoms with Crippen molar-refractivity contribution in [3.8, 4) is 0 Å². The molecule has 2 heterocycles. The zero-order valence-corrected chi connectivity index (χ0v) is 16.5. The number of rotatable bonds is 3. The first-order valence-electron chi connectivity index (χ1n) is 10.8. The number of alkyl halides is 3. The maximum Gasteiger partial charge on any atom is 0.433 e. The number of halogens is 3. The third-order valence-corrected chi connectivity index (χ3v) is 7.53. The summed E-state index contributed by atoms with van der Waals surface area (Å²) in [5.74, 6) is 2.80. The summed E-state index contributed by atoms with van der Waals surface area (Å²) in [4.78, 5) is 13.3. The summed E-state index contributed by atoms with van der Waals surface area (Å²) in [6.07, 6.45) is 2.15. The van der Waals surface area contributed by atoms with Crippen LogP contribution in [0.1, 0.15) is 49.9 Å². The van der Waals surface area contributed by atoms with Gasteiger partial charge in [-0.2, -0.15) is 13.2 Å². The fourth-order valence-electron chi connectivity index (χ4n) is 5.72. The Bertz CT molecular complexity index is 923. The molecule has 0 bridgehead atoms. The van der Waals surface area contributed by atoms with Crippen LogP contribution in [-0.2, 0) is 6.18 Å². The predicted octanol–water partition coefficient (Wildman–Crippen LogP) is 2.85. The van der Waals surface area contributed by atoms with Crippen molar-refractivity contribution in [1.29, 1.82) is 0 Å². The van der Waals surface area contributed by atoms with Crippen LogP contribution in [0.2, 0.25) is 0 Å². The molecule has 0 amide bonds. The van der Waals surface area contributed by atoms with Crippen LogP contribution >= 0.6 is 0 Å². The van der Waals surface area contributed by atoms with Crippen molar-refractivity contribution in [2.24, 2.45) is 45.3 Å². The Morgan fingerprint density at radius 1 is 1.00 bits per heavy atom. The minimum Gasteiger partial charge on any atom is -0.319 e. The molecule has 160 valence electrons. The first-order chi connectivity index (χ1) is 14.3. The number of nitrogens with one attached hydrogen (secondary N) is 2. The van der Waals surface area contributed by atoms with Crippen molar-refractivity contribution in [3.05, 3.63) is 29.6 Å². The second-order valence-electron chi connectivity index (χ2n) is 9.72. The number of nitrogens with two attached hydrogens (primary N) is 1. The Kier molecular flexibility index (Phi) is 3.83. The molecule has 9 heteroatoms. The average Bonchev–Trinajstić information content (AvgIpc) is 3.53. The lowest BCUT2D eigenvalue weighted by Gasteiger charge is -2.38. The van der Waals surface area contributed by atoms with Crippen LogP contribution in [0.15, 0.2) is 28.2 Å². The number of nitrogens with zero attached hydrogens (tertiary/aromatic N) is 3.